The Labute approximate surface area is 150 Å². The zero-order valence-corrected chi connectivity index (χ0v) is 15.5. The summed E-state index contributed by atoms with van der Waals surface area (Å²) >= 11 is 0. The molecule has 134 valence electrons. The van der Waals surface area contributed by atoms with Gasteiger partial charge in [0.1, 0.15) is 12.4 Å². The number of nitrogens with one attached hydrogen (secondary N) is 2. The van der Waals surface area contributed by atoms with Crippen LogP contribution in [0.3, 0.4) is 0 Å². The zero-order chi connectivity index (χ0) is 18.1. The molecule has 0 unspecified atom stereocenters. The number of rotatable bonds is 6. The Morgan fingerprint density at radius 1 is 1.08 bits per heavy atom. The van der Waals surface area contributed by atoms with Crippen molar-refractivity contribution in [2.24, 2.45) is 4.99 Å². The van der Waals surface area contributed by atoms with E-state index in [-0.39, 0.29) is 5.41 Å². The fourth-order valence-electron chi connectivity index (χ4n) is 2.29. The Bertz CT molecular complexity index is 660. The zero-order valence-electron chi connectivity index (χ0n) is 15.5. The number of aliphatic imine (C=N–C) groups is 1. The maximum atomic E-state index is 5.77. The minimum absolute atomic E-state index is 0.159. The highest BCUT2D eigenvalue weighted by Gasteiger charge is 2.12. The Hall–Kier alpha value is -2.56. The summed E-state index contributed by atoms with van der Waals surface area (Å²) in [6, 6.07) is 14.1. The summed E-state index contributed by atoms with van der Waals surface area (Å²) in [7, 11) is 1.75. The van der Waals surface area contributed by atoms with Gasteiger partial charge in [-0.2, -0.15) is 0 Å². The van der Waals surface area contributed by atoms with Crippen LogP contribution in [-0.2, 0) is 12.0 Å². The minimum Gasteiger partial charge on any atom is -0.492 e. The molecule has 0 fully saturated rings. The van der Waals surface area contributed by atoms with Crippen molar-refractivity contribution >= 4 is 5.96 Å². The van der Waals surface area contributed by atoms with Gasteiger partial charge in [0.05, 0.1) is 18.8 Å². The molecule has 0 bridgehead atoms. The molecule has 0 aliphatic carbocycles. The lowest BCUT2D eigenvalue weighted by molar-refractivity contribution is 0.321. The molecule has 2 rings (SSSR count). The van der Waals surface area contributed by atoms with Crippen LogP contribution in [0.4, 0.5) is 0 Å². The van der Waals surface area contributed by atoms with Crippen molar-refractivity contribution in [2.45, 2.75) is 32.7 Å². The largest absolute Gasteiger partial charge is 0.492 e. The van der Waals surface area contributed by atoms with Gasteiger partial charge in [-0.25, -0.2) is 0 Å². The second-order valence-corrected chi connectivity index (χ2v) is 6.80. The van der Waals surface area contributed by atoms with Crippen LogP contribution in [0.5, 0.6) is 5.75 Å². The first-order chi connectivity index (χ1) is 12.0. The quantitative estimate of drug-likeness (QED) is 0.482. The third kappa shape index (κ3) is 6.45. The van der Waals surface area contributed by atoms with Crippen molar-refractivity contribution in [3.8, 4) is 5.75 Å². The van der Waals surface area contributed by atoms with E-state index in [1.165, 1.54) is 5.56 Å². The molecule has 2 N–H and O–H groups in total. The number of benzene rings is 1. The normalized spacial score (nSPS) is 11.9. The minimum atomic E-state index is 0.159. The molecule has 1 heterocycles. The number of hydrogen-bond acceptors (Lipinski definition) is 3. The molecule has 0 radical (unpaired) electrons. The van der Waals surface area contributed by atoms with Gasteiger partial charge in [0, 0.05) is 13.2 Å². The average Bonchev–Trinajstić information content (AvgIpc) is 2.61. The molecule has 2 aromatic rings. The van der Waals surface area contributed by atoms with E-state index in [0.29, 0.717) is 19.7 Å². The maximum absolute atomic E-state index is 5.77. The van der Waals surface area contributed by atoms with Crippen molar-refractivity contribution in [3.63, 3.8) is 0 Å². The summed E-state index contributed by atoms with van der Waals surface area (Å²) in [5.74, 6) is 1.61. The Kier molecular flexibility index (Phi) is 6.81. The summed E-state index contributed by atoms with van der Waals surface area (Å²) in [5, 5.41) is 6.46. The van der Waals surface area contributed by atoms with Crippen LogP contribution < -0.4 is 15.4 Å². The predicted octanol–water partition coefficient (Wildman–Crippen LogP) is 3.12. The molecule has 0 saturated carbocycles. The maximum Gasteiger partial charge on any atom is 0.191 e. The second kappa shape index (κ2) is 9.06. The molecular weight excluding hydrogens is 312 g/mol. The average molecular weight is 340 g/mol. The molecule has 0 aliphatic heterocycles. The van der Waals surface area contributed by atoms with Gasteiger partial charge in [-0.15, -0.1) is 0 Å². The lowest BCUT2D eigenvalue weighted by atomic mass is 9.87. The number of hydrogen-bond donors (Lipinski definition) is 2. The van der Waals surface area contributed by atoms with Gasteiger partial charge < -0.3 is 15.4 Å². The standard InChI is InChI=1S/C20H28N4O/c1-20(2,3)16-8-10-18(11-9-16)25-14-13-23-19(21-4)24-15-17-7-5-6-12-22-17/h5-12H,13-15H2,1-4H3,(H2,21,23,24). The highest BCUT2D eigenvalue weighted by molar-refractivity contribution is 5.79. The molecule has 0 atom stereocenters. The van der Waals surface area contributed by atoms with Crippen LogP contribution in [0.2, 0.25) is 0 Å². The van der Waals surface area contributed by atoms with E-state index in [4.69, 9.17) is 4.74 Å². The third-order valence-electron chi connectivity index (χ3n) is 3.77. The fraction of sp³-hybridized carbons (Fsp3) is 0.400. The van der Waals surface area contributed by atoms with Crippen LogP contribution in [-0.4, -0.2) is 31.1 Å². The molecule has 0 spiro atoms. The highest BCUT2D eigenvalue weighted by atomic mass is 16.5. The van der Waals surface area contributed by atoms with E-state index < -0.39 is 0 Å². The topological polar surface area (TPSA) is 58.5 Å². The number of nitrogens with zero attached hydrogens (tertiary/aromatic N) is 2. The molecule has 5 nitrogen and oxygen atoms in total. The van der Waals surface area contributed by atoms with Gasteiger partial charge in [-0.1, -0.05) is 39.0 Å². The van der Waals surface area contributed by atoms with Crippen molar-refractivity contribution in [1.29, 1.82) is 0 Å². The van der Waals surface area contributed by atoms with Crippen molar-refractivity contribution in [3.05, 3.63) is 59.9 Å². The molecule has 25 heavy (non-hydrogen) atoms. The van der Waals surface area contributed by atoms with E-state index >= 15 is 0 Å². The van der Waals surface area contributed by atoms with E-state index in [9.17, 15) is 0 Å². The van der Waals surface area contributed by atoms with E-state index in [1.807, 2.05) is 30.3 Å². The Morgan fingerprint density at radius 2 is 1.84 bits per heavy atom. The van der Waals surface area contributed by atoms with Gasteiger partial charge in [0.25, 0.3) is 0 Å². The molecule has 0 aliphatic rings. The number of aromatic nitrogens is 1. The highest BCUT2D eigenvalue weighted by Crippen LogP contribution is 2.24. The second-order valence-electron chi connectivity index (χ2n) is 6.80. The summed E-state index contributed by atoms with van der Waals surface area (Å²) in [5.41, 5.74) is 2.43. The molecular formula is C20H28N4O. The molecule has 5 heteroatoms. The molecule has 0 saturated heterocycles. The first kappa shape index (κ1) is 18.8. The summed E-state index contributed by atoms with van der Waals surface area (Å²) in [6.45, 7) is 8.49. The van der Waals surface area contributed by atoms with Crippen molar-refractivity contribution < 1.29 is 4.74 Å². The van der Waals surface area contributed by atoms with Crippen LogP contribution in [0.25, 0.3) is 0 Å². The molecule has 1 aromatic carbocycles. The van der Waals surface area contributed by atoms with Gasteiger partial charge in [0.15, 0.2) is 5.96 Å². The summed E-state index contributed by atoms with van der Waals surface area (Å²) in [4.78, 5) is 8.47. The number of ether oxygens (including phenoxy) is 1. The van der Waals surface area contributed by atoms with E-state index in [1.54, 1.807) is 13.2 Å². The van der Waals surface area contributed by atoms with Crippen molar-refractivity contribution in [1.82, 2.24) is 15.6 Å². The van der Waals surface area contributed by atoms with Gasteiger partial charge >= 0.3 is 0 Å². The lowest BCUT2D eigenvalue weighted by Gasteiger charge is -2.19. The first-order valence-electron chi connectivity index (χ1n) is 8.57. The van der Waals surface area contributed by atoms with Crippen LogP contribution >= 0.6 is 0 Å². The SMILES string of the molecule is CN=C(NCCOc1ccc(C(C)(C)C)cc1)NCc1ccccn1. The van der Waals surface area contributed by atoms with E-state index in [0.717, 1.165) is 17.4 Å². The Balaban J connectivity index is 1.70. The van der Waals surface area contributed by atoms with Crippen LogP contribution in [0.1, 0.15) is 32.0 Å². The van der Waals surface area contributed by atoms with E-state index in [2.05, 4.69) is 53.5 Å². The third-order valence-corrected chi connectivity index (χ3v) is 3.77. The summed E-state index contributed by atoms with van der Waals surface area (Å²) in [6.07, 6.45) is 1.78. The molecule has 0 amide bonds. The predicted molar refractivity (Wildman–Crippen MR) is 103 cm³/mol. The van der Waals surface area contributed by atoms with Crippen LogP contribution in [0.15, 0.2) is 53.7 Å². The van der Waals surface area contributed by atoms with Crippen molar-refractivity contribution in [2.75, 3.05) is 20.2 Å². The first-order valence-corrected chi connectivity index (χ1v) is 8.57. The Morgan fingerprint density at radius 3 is 2.44 bits per heavy atom. The van der Waals surface area contributed by atoms with Gasteiger partial charge in [-0.3, -0.25) is 9.98 Å². The van der Waals surface area contributed by atoms with Gasteiger partial charge in [0.2, 0.25) is 0 Å². The smallest absolute Gasteiger partial charge is 0.191 e. The number of pyridine rings is 1. The van der Waals surface area contributed by atoms with Crippen LogP contribution in [0, 0.1) is 0 Å². The monoisotopic (exact) mass is 340 g/mol. The molecule has 1 aromatic heterocycles. The number of guanidine groups is 1. The summed E-state index contributed by atoms with van der Waals surface area (Å²) < 4.78 is 5.77. The fourth-order valence-corrected chi connectivity index (χ4v) is 2.29. The van der Waals surface area contributed by atoms with Gasteiger partial charge in [-0.05, 0) is 35.2 Å². The lowest BCUT2D eigenvalue weighted by Crippen LogP contribution is -2.39.